The maximum atomic E-state index is 6.05. The highest BCUT2D eigenvalue weighted by molar-refractivity contribution is 7.10. The molecule has 1 aromatic rings. The van der Waals surface area contributed by atoms with E-state index in [-0.39, 0.29) is 0 Å². The Morgan fingerprint density at radius 1 is 1.37 bits per heavy atom. The van der Waals surface area contributed by atoms with Gasteiger partial charge in [-0.3, -0.25) is 9.80 Å². The molecule has 3 rings (SSSR count). The van der Waals surface area contributed by atoms with E-state index in [1.54, 1.807) is 11.3 Å². The van der Waals surface area contributed by atoms with E-state index in [0.717, 1.165) is 24.2 Å². The molecule has 0 radical (unpaired) electrons. The van der Waals surface area contributed by atoms with Gasteiger partial charge in [0.1, 0.15) is 0 Å². The van der Waals surface area contributed by atoms with Crippen LogP contribution in [0.3, 0.4) is 0 Å². The molecular formula is C14H22ClN3S. The summed E-state index contributed by atoms with van der Waals surface area (Å²) < 4.78 is 0. The van der Waals surface area contributed by atoms with Crippen molar-refractivity contribution in [1.29, 1.82) is 0 Å². The maximum Gasteiger partial charge on any atom is 0.0565 e. The van der Waals surface area contributed by atoms with E-state index in [1.807, 2.05) is 5.38 Å². The number of piperidine rings is 1. The third-order valence-electron chi connectivity index (χ3n) is 4.45. The minimum absolute atomic E-state index is 0.349. The van der Waals surface area contributed by atoms with E-state index < -0.39 is 0 Å². The number of fused-ring (bicyclic) bond motifs is 1. The molecule has 0 saturated carbocycles. The van der Waals surface area contributed by atoms with Crippen LogP contribution in [0.25, 0.3) is 0 Å². The number of halogens is 1. The lowest BCUT2D eigenvalue weighted by Crippen LogP contribution is -2.56. The molecule has 0 aliphatic carbocycles. The number of nitrogens with two attached hydrogens (primary N) is 1. The van der Waals surface area contributed by atoms with Crippen molar-refractivity contribution in [3.63, 3.8) is 0 Å². The van der Waals surface area contributed by atoms with Crippen LogP contribution in [-0.4, -0.2) is 48.6 Å². The van der Waals surface area contributed by atoms with Gasteiger partial charge in [-0.25, -0.2) is 0 Å². The van der Waals surface area contributed by atoms with Crippen LogP contribution in [0, 0.1) is 0 Å². The molecule has 2 fully saturated rings. The number of nitrogens with zero attached hydrogens (tertiary/aromatic N) is 2. The summed E-state index contributed by atoms with van der Waals surface area (Å²) in [6.45, 7) is 5.46. The maximum absolute atomic E-state index is 6.05. The van der Waals surface area contributed by atoms with E-state index in [9.17, 15) is 0 Å². The molecule has 2 unspecified atom stereocenters. The largest absolute Gasteiger partial charge is 0.329 e. The Hall–Kier alpha value is -0.130. The number of piperazine rings is 1. The molecule has 1 aromatic heterocycles. The van der Waals surface area contributed by atoms with Crippen LogP contribution in [0.4, 0.5) is 0 Å². The summed E-state index contributed by atoms with van der Waals surface area (Å²) in [4.78, 5) is 6.54. The fraction of sp³-hybridized carbons (Fsp3) is 0.714. The van der Waals surface area contributed by atoms with E-state index >= 15 is 0 Å². The first-order valence-electron chi connectivity index (χ1n) is 7.20. The first-order chi connectivity index (χ1) is 9.28. The second-order valence-electron chi connectivity index (χ2n) is 5.60. The Labute approximate surface area is 124 Å². The minimum atomic E-state index is 0.349. The highest BCUT2D eigenvalue weighted by atomic mass is 35.5. The summed E-state index contributed by atoms with van der Waals surface area (Å²) in [5, 5.41) is 2.85. The van der Waals surface area contributed by atoms with Crippen LogP contribution in [0.2, 0.25) is 5.02 Å². The van der Waals surface area contributed by atoms with Crippen molar-refractivity contribution in [3.05, 3.63) is 21.3 Å². The van der Waals surface area contributed by atoms with Gasteiger partial charge in [0.25, 0.3) is 0 Å². The van der Waals surface area contributed by atoms with Crippen molar-refractivity contribution < 1.29 is 0 Å². The molecular weight excluding hydrogens is 278 g/mol. The lowest BCUT2D eigenvalue weighted by Gasteiger charge is -2.46. The fourth-order valence-electron chi connectivity index (χ4n) is 3.41. The highest BCUT2D eigenvalue weighted by Gasteiger charge is 2.32. The monoisotopic (exact) mass is 299 g/mol. The molecule has 106 valence electrons. The van der Waals surface area contributed by atoms with E-state index in [1.165, 1.54) is 37.2 Å². The van der Waals surface area contributed by atoms with Crippen LogP contribution >= 0.6 is 22.9 Å². The average molecular weight is 300 g/mol. The second kappa shape index (κ2) is 6.10. The molecule has 0 spiro atoms. The Morgan fingerprint density at radius 3 is 3.00 bits per heavy atom. The fourth-order valence-corrected chi connectivity index (χ4v) is 4.64. The van der Waals surface area contributed by atoms with Gasteiger partial charge in [0.15, 0.2) is 0 Å². The van der Waals surface area contributed by atoms with Crippen LogP contribution in [0.15, 0.2) is 11.4 Å². The lowest BCUT2D eigenvalue weighted by atomic mass is 9.98. The molecule has 3 nitrogen and oxygen atoms in total. The molecule has 5 heteroatoms. The quantitative estimate of drug-likeness (QED) is 0.931. The van der Waals surface area contributed by atoms with Crippen LogP contribution < -0.4 is 5.73 Å². The SMILES string of the molecule is NCC(c1cc(Cl)cs1)N1CCN2CCCCC2C1. The van der Waals surface area contributed by atoms with Gasteiger partial charge in [0.2, 0.25) is 0 Å². The highest BCUT2D eigenvalue weighted by Crippen LogP contribution is 2.31. The molecule has 2 atom stereocenters. The van der Waals surface area contributed by atoms with Gasteiger partial charge in [0, 0.05) is 42.5 Å². The van der Waals surface area contributed by atoms with E-state index in [0.29, 0.717) is 12.6 Å². The molecule has 2 saturated heterocycles. The first-order valence-corrected chi connectivity index (χ1v) is 8.46. The lowest BCUT2D eigenvalue weighted by molar-refractivity contribution is 0.0293. The summed E-state index contributed by atoms with van der Waals surface area (Å²) in [5.74, 6) is 0. The topological polar surface area (TPSA) is 32.5 Å². The predicted molar refractivity (Wildman–Crippen MR) is 81.9 cm³/mol. The van der Waals surface area contributed by atoms with Crippen molar-refractivity contribution >= 4 is 22.9 Å². The standard InChI is InChI=1S/C14H22ClN3S/c15-11-7-14(19-10-11)13(8-16)18-6-5-17-4-2-1-3-12(17)9-18/h7,10,12-13H,1-6,8-9,16H2. The third kappa shape index (κ3) is 2.98. The zero-order valence-corrected chi connectivity index (χ0v) is 12.8. The van der Waals surface area contributed by atoms with Gasteiger partial charge in [-0.1, -0.05) is 18.0 Å². The van der Waals surface area contributed by atoms with E-state index in [2.05, 4.69) is 15.9 Å². The van der Waals surface area contributed by atoms with Gasteiger partial charge in [0.05, 0.1) is 11.1 Å². The second-order valence-corrected chi connectivity index (χ2v) is 6.98. The van der Waals surface area contributed by atoms with Crippen molar-refractivity contribution in [3.8, 4) is 0 Å². The summed E-state index contributed by atoms with van der Waals surface area (Å²) in [6, 6.07) is 3.17. The Morgan fingerprint density at radius 2 is 2.26 bits per heavy atom. The predicted octanol–water partition coefficient (Wildman–Crippen LogP) is 2.57. The molecule has 19 heavy (non-hydrogen) atoms. The van der Waals surface area contributed by atoms with Crippen molar-refractivity contribution in [2.24, 2.45) is 5.73 Å². The zero-order chi connectivity index (χ0) is 13.2. The van der Waals surface area contributed by atoms with Crippen molar-refractivity contribution in [1.82, 2.24) is 9.80 Å². The Kier molecular flexibility index (Phi) is 4.44. The van der Waals surface area contributed by atoms with Gasteiger partial charge in [-0.2, -0.15) is 0 Å². The summed E-state index contributed by atoms with van der Waals surface area (Å²) in [6.07, 6.45) is 4.10. The number of hydrogen-bond donors (Lipinski definition) is 1. The van der Waals surface area contributed by atoms with Crippen molar-refractivity contribution in [2.45, 2.75) is 31.3 Å². The van der Waals surface area contributed by atoms with E-state index in [4.69, 9.17) is 17.3 Å². The summed E-state index contributed by atoms with van der Waals surface area (Å²) in [7, 11) is 0. The molecule has 2 N–H and O–H groups in total. The molecule has 2 aliphatic rings. The third-order valence-corrected chi connectivity index (χ3v) is 5.83. The molecule has 2 aliphatic heterocycles. The zero-order valence-electron chi connectivity index (χ0n) is 11.2. The van der Waals surface area contributed by atoms with Gasteiger partial charge < -0.3 is 5.73 Å². The average Bonchev–Trinajstić information content (AvgIpc) is 2.86. The van der Waals surface area contributed by atoms with Crippen LogP contribution in [0.1, 0.15) is 30.2 Å². The van der Waals surface area contributed by atoms with Crippen LogP contribution in [0.5, 0.6) is 0 Å². The Bertz CT molecular complexity index is 423. The number of rotatable bonds is 3. The number of thiophene rings is 1. The number of hydrogen-bond acceptors (Lipinski definition) is 4. The normalized spacial score (nSPS) is 27.2. The van der Waals surface area contributed by atoms with Gasteiger partial charge in [-0.05, 0) is 25.5 Å². The molecule has 0 aromatic carbocycles. The minimum Gasteiger partial charge on any atom is -0.329 e. The molecule has 3 heterocycles. The van der Waals surface area contributed by atoms with Gasteiger partial charge in [-0.15, -0.1) is 11.3 Å². The van der Waals surface area contributed by atoms with Crippen molar-refractivity contribution in [2.75, 3.05) is 32.7 Å². The summed E-state index contributed by atoms with van der Waals surface area (Å²) in [5.41, 5.74) is 6.02. The van der Waals surface area contributed by atoms with Crippen LogP contribution in [-0.2, 0) is 0 Å². The Balaban J connectivity index is 1.70. The molecule has 0 amide bonds. The first kappa shape index (κ1) is 13.8. The van der Waals surface area contributed by atoms with Gasteiger partial charge >= 0.3 is 0 Å². The summed E-state index contributed by atoms with van der Waals surface area (Å²) >= 11 is 7.79. The smallest absolute Gasteiger partial charge is 0.0565 e. The molecule has 0 bridgehead atoms.